The van der Waals surface area contributed by atoms with Crippen molar-refractivity contribution in [3.05, 3.63) is 28.2 Å². The summed E-state index contributed by atoms with van der Waals surface area (Å²) in [6.45, 7) is 2.46. The lowest BCUT2D eigenvalue weighted by Gasteiger charge is -2.12. The molecule has 1 nitrogen and oxygen atoms in total. The van der Waals surface area contributed by atoms with Gasteiger partial charge in [-0.1, -0.05) is 22.9 Å². The highest BCUT2D eigenvalue weighted by molar-refractivity contribution is 9.10. The summed E-state index contributed by atoms with van der Waals surface area (Å²) in [6.07, 6.45) is 1.79. The highest BCUT2D eigenvalue weighted by atomic mass is 79.9. The summed E-state index contributed by atoms with van der Waals surface area (Å²) in [7, 11) is 0. The second-order valence-electron chi connectivity index (χ2n) is 3.95. The third kappa shape index (κ3) is 4.84. The minimum Gasteiger partial charge on any atom is -0.490 e. The predicted octanol–water partition coefficient (Wildman–Crippen LogP) is 4.45. The van der Waals surface area contributed by atoms with Gasteiger partial charge in [-0.15, -0.1) is 0 Å². The molecule has 17 heavy (non-hydrogen) atoms. The van der Waals surface area contributed by atoms with Crippen molar-refractivity contribution in [1.82, 2.24) is 0 Å². The molecule has 1 aromatic rings. The first kappa shape index (κ1) is 14.8. The Morgan fingerprint density at radius 1 is 1.35 bits per heavy atom. The van der Waals surface area contributed by atoms with Crippen LogP contribution in [-0.4, -0.2) is 12.4 Å². The average molecular weight is 325 g/mol. The maximum atomic E-state index is 13.3. The zero-order valence-corrected chi connectivity index (χ0v) is 12.0. The molecule has 0 saturated carbocycles. The number of halogens is 3. The highest BCUT2D eigenvalue weighted by Crippen LogP contribution is 2.25. The minimum absolute atomic E-state index is 0.0463. The van der Waals surface area contributed by atoms with Crippen molar-refractivity contribution in [2.45, 2.75) is 19.8 Å². The quantitative estimate of drug-likeness (QED) is 0.600. The van der Waals surface area contributed by atoms with Crippen LogP contribution in [0, 0.1) is 17.6 Å². The van der Waals surface area contributed by atoms with Gasteiger partial charge in [-0.2, -0.15) is 17.0 Å². The van der Waals surface area contributed by atoms with Crippen LogP contribution < -0.4 is 4.74 Å². The number of benzene rings is 1. The Balaban J connectivity index is 2.52. The molecule has 0 aliphatic rings. The van der Waals surface area contributed by atoms with Crippen LogP contribution in [0.4, 0.5) is 8.78 Å². The molecule has 1 unspecified atom stereocenters. The molecule has 0 aromatic heterocycles. The third-order valence-corrected chi connectivity index (χ3v) is 3.17. The molecule has 96 valence electrons. The van der Waals surface area contributed by atoms with E-state index in [-0.39, 0.29) is 5.75 Å². The molecule has 0 heterocycles. The average Bonchev–Trinajstić information content (AvgIpc) is 2.25. The molecular weight excluding hydrogens is 310 g/mol. The van der Waals surface area contributed by atoms with Gasteiger partial charge in [-0.05, 0) is 36.6 Å². The van der Waals surface area contributed by atoms with Crippen molar-refractivity contribution in [3.8, 4) is 5.75 Å². The van der Waals surface area contributed by atoms with Gasteiger partial charge in [-0.3, -0.25) is 0 Å². The second-order valence-corrected chi connectivity index (χ2v) is 5.32. The van der Waals surface area contributed by atoms with E-state index in [1.54, 1.807) is 0 Å². The number of hydrogen-bond donors (Lipinski definition) is 1. The molecule has 0 fully saturated rings. The van der Waals surface area contributed by atoms with Crippen LogP contribution in [0.1, 0.15) is 19.8 Å². The van der Waals surface area contributed by atoms with Gasteiger partial charge in [0.1, 0.15) is 0 Å². The largest absolute Gasteiger partial charge is 0.490 e. The Hall–Kier alpha value is -0.290. The SMILES string of the molecule is CC(CCS)CCOc1cc(Br)cc(F)c1F. The van der Waals surface area contributed by atoms with E-state index >= 15 is 0 Å². The number of rotatable bonds is 6. The topological polar surface area (TPSA) is 9.23 Å². The lowest BCUT2D eigenvalue weighted by molar-refractivity contribution is 0.266. The fourth-order valence-electron chi connectivity index (χ4n) is 1.37. The molecule has 1 aromatic carbocycles. The zero-order valence-electron chi connectivity index (χ0n) is 9.55. The fourth-order valence-corrected chi connectivity index (χ4v) is 2.22. The van der Waals surface area contributed by atoms with Crippen molar-refractivity contribution < 1.29 is 13.5 Å². The van der Waals surface area contributed by atoms with Gasteiger partial charge in [-0.25, -0.2) is 4.39 Å². The van der Waals surface area contributed by atoms with Crippen molar-refractivity contribution in [2.75, 3.05) is 12.4 Å². The van der Waals surface area contributed by atoms with E-state index in [0.29, 0.717) is 17.0 Å². The summed E-state index contributed by atoms with van der Waals surface area (Å²) < 4.78 is 32.1. The Labute approximate surface area is 114 Å². The molecule has 0 radical (unpaired) electrons. The van der Waals surface area contributed by atoms with E-state index in [2.05, 4.69) is 35.5 Å². The smallest absolute Gasteiger partial charge is 0.200 e. The Morgan fingerprint density at radius 3 is 2.71 bits per heavy atom. The van der Waals surface area contributed by atoms with Crippen LogP contribution in [0.15, 0.2) is 16.6 Å². The number of thiol groups is 1. The monoisotopic (exact) mass is 324 g/mol. The summed E-state index contributed by atoms with van der Waals surface area (Å²) >= 11 is 7.23. The highest BCUT2D eigenvalue weighted by Gasteiger charge is 2.11. The minimum atomic E-state index is -0.935. The summed E-state index contributed by atoms with van der Waals surface area (Å²) in [5.41, 5.74) is 0. The molecule has 0 aliphatic heterocycles. The maximum absolute atomic E-state index is 13.3. The zero-order chi connectivity index (χ0) is 12.8. The lowest BCUT2D eigenvalue weighted by atomic mass is 10.1. The van der Waals surface area contributed by atoms with E-state index in [4.69, 9.17) is 4.74 Å². The van der Waals surface area contributed by atoms with E-state index in [1.165, 1.54) is 6.07 Å². The van der Waals surface area contributed by atoms with Gasteiger partial charge in [0.2, 0.25) is 5.82 Å². The Morgan fingerprint density at radius 2 is 2.06 bits per heavy atom. The van der Waals surface area contributed by atoms with Crippen LogP contribution in [0.2, 0.25) is 0 Å². The second kappa shape index (κ2) is 7.21. The Kier molecular flexibility index (Phi) is 6.27. The summed E-state index contributed by atoms with van der Waals surface area (Å²) in [5.74, 6) is -0.601. The first-order chi connectivity index (χ1) is 8.04. The van der Waals surface area contributed by atoms with Crippen LogP contribution in [0.5, 0.6) is 5.75 Å². The van der Waals surface area contributed by atoms with Crippen LogP contribution in [-0.2, 0) is 0 Å². The normalized spacial score (nSPS) is 12.5. The van der Waals surface area contributed by atoms with Crippen molar-refractivity contribution in [2.24, 2.45) is 5.92 Å². The third-order valence-electron chi connectivity index (χ3n) is 2.45. The summed E-state index contributed by atoms with van der Waals surface area (Å²) in [4.78, 5) is 0. The van der Waals surface area contributed by atoms with Crippen LogP contribution in [0.25, 0.3) is 0 Å². The van der Waals surface area contributed by atoms with Gasteiger partial charge in [0.25, 0.3) is 0 Å². The van der Waals surface area contributed by atoms with Gasteiger partial charge in [0.05, 0.1) is 6.61 Å². The van der Waals surface area contributed by atoms with E-state index < -0.39 is 11.6 Å². The fraction of sp³-hybridized carbons (Fsp3) is 0.500. The van der Waals surface area contributed by atoms with Crippen LogP contribution >= 0.6 is 28.6 Å². The molecule has 0 N–H and O–H groups in total. The lowest BCUT2D eigenvalue weighted by Crippen LogP contribution is -2.06. The maximum Gasteiger partial charge on any atom is 0.200 e. The first-order valence-electron chi connectivity index (χ1n) is 5.42. The van der Waals surface area contributed by atoms with E-state index in [9.17, 15) is 8.78 Å². The van der Waals surface area contributed by atoms with Gasteiger partial charge >= 0.3 is 0 Å². The summed E-state index contributed by atoms with van der Waals surface area (Å²) in [6, 6.07) is 2.51. The van der Waals surface area contributed by atoms with Crippen molar-refractivity contribution >= 4 is 28.6 Å². The molecule has 0 bridgehead atoms. The standard InChI is InChI=1S/C12H15BrF2OS/c1-8(3-5-17)2-4-16-11-7-9(13)6-10(14)12(11)15/h6-8,17H,2-5H2,1H3. The molecule has 0 spiro atoms. The first-order valence-corrected chi connectivity index (χ1v) is 6.85. The number of ether oxygens (including phenoxy) is 1. The molecule has 5 heteroatoms. The van der Waals surface area contributed by atoms with Gasteiger partial charge in [0.15, 0.2) is 11.6 Å². The summed E-state index contributed by atoms with van der Waals surface area (Å²) in [5, 5.41) is 0. The van der Waals surface area contributed by atoms with Gasteiger partial charge < -0.3 is 4.74 Å². The van der Waals surface area contributed by atoms with Crippen LogP contribution in [0.3, 0.4) is 0 Å². The molecule has 0 saturated heterocycles. The van der Waals surface area contributed by atoms with Crippen molar-refractivity contribution in [1.29, 1.82) is 0 Å². The molecular formula is C12H15BrF2OS. The van der Waals surface area contributed by atoms with E-state index in [0.717, 1.165) is 24.7 Å². The van der Waals surface area contributed by atoms with Gasteiger partial charge in [0, 0.05) is 4.47 Å². The molecule has 0 amide bonds. The number of hydrogen-bond acceptors (Lipinski definition) is 2. The molecule has 1 atom stereocenters. The molecule has 0 aliphatic carbocycles. The molecule has 1 rings (SSSR count). The predicted molar refractivity (Wildman–Crippen MR) is 71.8 cm³/mol. The van der Waals surface area contributed by atoms with E-state index in [1.807, 2.05) is 0 Å². The Bertz CT molecular complexity index is 374. The van der Waals surface area contributed by atoms with Crippen molar-refractivity contribution in [3.63, 3.8) is 0 Å².